The van der Waals surface area contributed by atoms with Crippen LogP contribution in [0.3, 0.4) is 0 Å². The van der Waals surface area contributed by atoms with Gasteiger partial charge in [-0.1, -0.05) is 0 Å². The lowest BCUT2D eigenvalue weighted by atomic mass is 9.96. The summed E-state index contributed by atoms with van der Waals surface area (Å²) >= 11 is 0. The van der Waals surface area contributed by atoms with Gasteiger partial charge in [-0.05, 0) is 61.1 Å². The summed E-state index contributed by atoms with van der Waals surface area (Å²) in [6.07, 6.45) is 4.00. The zero-order valence-electron chi connectivity index (χ0n) is 11.9. The van der Waals surface area contributed by atoms with Crippen molar-refractivity contribution >= 4 is 16.9 Å². The Balaban J connectivity index is 1.51. The molecule has 3 fully saturated rings. The summed E-state index contributed by atoms with van der Waals surface area (Å²) in [6.45, 7) is 0. The molecule has 108 valence electrons. The van der Waals surface area contributed by atoms with Crippen molar-refractivity contribution in [2.75, 3.05) is 0 Å². The molecule has 3 aliphatic rings. The van der Waals surface area contributed by atoms with Crippen LogP contribution in [0.4, 0.5) is 0 Å². The molecule has 0 spiro atoms. The lowest BCUT2D eigenvalue weighted by molar-refractivity contribution is 0.0944. The lowest BCUT2D eigenvalue weighted by Gasteiger charge is -2.07. The number of benzene rings is 1. The van der Waals surface area contributed by atoms with E-state index < -0.39 is 0 Å². The van der Waals surface area contributed by atoms with E-state index in [0.29, 0.717) is 23.0 Å². The highest BCUT2D eigenvalue weighted by Gasteiger charge is 2.67. The van der Waals surface area contributed by atoms with Gasteiger partial charge >= 0.3 is 5.76 Å². The topological polar surface area (TPSA) is 52.2 Å². The van der Waals surface area contributed by atoms with E-state index in [1.807, 2.05) is 12.1 Å². The fourth-order valence-electron chi connectivity index (χ4n) is 5.16. The number of hydrogen-bond donors (Lipinski definition) is 0. The first-order valence-corrected chi connectivity index (χ1v) is 7.79. The Bertz CT molecular complexity index is 814. The predicted molar refractivity (Wildman–Crippen MR) is 77.1 cm³/mol. The molecule has 4 nitrogen and oxygen atoms in total. The Morgan fingerprint density at radius 3 is 2.67 bits per heavy atom. The van der Waals surface area contributed by atoms with Crippen molar-refractivity contribution in [2.45, 2.75) is 19.3 Å². The molecule has 4 atom stereocenters. The maximum absolute atomic E-state index is 12.7. The molecule has 3 saturated carbocycles. The number of nitrogens with zero attached hydrogens (tertiary/aromatic N) is 1. The number of carbonyl (C=O) groups excluding carboxylic acids is 1. The van der Waals surface area contributed by atoms with Crippen LogP contribution in [-0.4, -0.2) is 10.4 Å². The SMILES string of the molecule is Cn1c(=O)oc2cc(C(=O)C3C4C5CCC(C5)C34)ccc21. The summed E-state index contributed by atoms with van der Waals surface area (Å²) in [6, 6.07) is 5.41. The molecule has 4 unspecified atom stereocenters. The van der Waals surface area contributed by atoms with Gasteiger partial charge < -0.3 is 4.42 Å². The molecule has 2 aromatic rings. The maximum Gasteiger partial charge on any atom is 0.419 e. The summed E-state index contributed by atoms with van der Waals surface area (Å²) in [5, 5.41) is 0. The van der Waals surface area contributed by atoms with Crippen LogP contribution < -0.4 is 5.76 Å². The normalized spacial score (nSPS) is 36.1. The average molecular weight is 283 g/mol. The van der Waals surface area contributed by atoms with E-state index >= 15 is 0 Å². The van der Waals surface area contributed by atoms with Gasteiger partial charge in [-0.3, -0.25) is 9.36 Å². The second-order valence-electron chi connectivity index (χ2n) is 6.99. The molecule has 0 aliphatic heterocycles. The van der Waals surface area contributed by atoms with E-state index in [4.69, 9.17) is 4.42 Å². The standard InChI is InChI=1S/C17H17NO3/c1-18-11-5-4-10(7-12(11)21-17(18)20)16(19)15-13-8-2-3-9(6-8)14(13)15/h4-5,7-9,13-15H,2-3,6H2,1H3. The van der Waals surface area contributed by atoms with E-state index in [2.05, 4.69) is 0 Å². The molecular formula is C17H17NO3. The molecule has 2 bridgehead atoms. The number of Topliss-reactive ketones (excluding diaryl/α,β-unsaturated/α-hetero) is 1. The van der Waals surface area contributed by atoms with Crippen molar-refractivity contribution < 1.29 is 9.21 Å². The van der Waals surface area contributed by atoms with Gasteiger partial charge in [0.1, 0.15) is 0 Å². The highest BCUT2D eigenvalue weighted by molar-refractivity contribution is 6.02. The van der Waals surface area contributed by atoms with Crippen molar-refractivity contribution in [3.05, 3.63) is 34.3 Å². The highest BCUT2D eigenvalue weighted by atomic mass is 16.4. The first kappa shape index (κ1) is 11.8. The van der Waals surface area contributed by atoms with E-state index in [9.17, 15) is 9.59 Å². The van der Waals surface area contributed by atoms with E-state index in [-0.39, 0.29) is 17.5 Å². The molecule has 1 aromatic carbocycles. The van der Waals surface area contributed by atoms with Crippen LogP contribution in [-0.2, 0) is 7.05 Å². The fourth-order valence-corrected chi connectivity index (χ4v) is 5.16. The van der Waals surface area contributed by atoms with Gasteiger partial charge in [0.05, 0.1) is 5.52 Å². The number of fused-ring (bicyclic) bond motifs is 6. The van der Waals surface area contributed by atoms with Crippen LogP contribution in [0, 0.1) is 29.6 Å². The largest absolute Gasteiger partial charge is 0.419 e. The van der Waals surface area contributed by atoms with Crippen LogP contribution in [0.15, 0.2) is 27.4 Å². The third-order valence-corrected chi connectivity index (χ3v) is 6.11. The second kappa shape index (κ2) is 3.67. The maximum atomic E-state index is 12.7. The Labute approximate surface area is 121 Å². The van der Waals surface area contributed by atoms with Gasteiger partial charge in [0.2, 0.25) is 0 Å². The molecule has 4 heteroatoms. The van der Waals surface area contributed by atoms with Crippen LogP contribution in [0.1, 0.15) is 29.6 Å². The van der Waals surface area contributed by atoms with Crippen LogP contribution >= 0.6 is 0 Å². The fraction of sp³-hybridized carbons (Fsp3) is 0.529. The smallest absolute Gasteiger partial charge is 0.408 e. The Morgan fingerprint density at radius 1 is 1.24 bits per heavy atom. The van der Waals surface area contributed by atoms with Crippen molar-refractivity contribution in [1.82, 2.24) is 4.57 Å². The lowest BCUT2D eigenvalue weighted by Crippen LogP contribution is -2.10. The van der Waals surface area contributed by atoms with Crippen molar-refractivity contribution in [3.63, 3.8) is 0 Å². The molecular weight excluding hydrogens is 266 g/mol. The number of oxazole rings is 1. The molecule has 0 radical (unpaired) electrons. The van der Waals surface area contributed by atoms with Crippen LogP contribution in [0.25, 0.3) is 11.1 Å². The van der Waals surface area contributed by atoms with Gasteiger partial charge in [0, 0.05) is 18.5 Å². The molecule has 0 amide bonds. The average Bonchev–Trinajstić information content (AvgIpc) is 2.77. The molecule has 1 heterocycles. The summed E-state index contributed by atoms with van der Waals surface area (Å²) in [5.74, 6) is 3.01. The van der Waals surface area contributed by atoms with E-state index in [1.54, 1.807) is 13.1 Å². The molecule has 21 heavy (non-hydrogen) atoms. The molecule has 0 saturated heterocycles. The van der Waals surface area contributed by atoms with Gasteiger partial charge in [-0.2, -0.15) is 0 Å². The first-order valence-electron chi connectivity index (χ1n) is 7.79. The summed E-state index contributed by atoms with van der Waals surface area (Å²) in [5.41, 5.74) is 1.96. The minimum atomic E-state index is -0.379. The number of aromatic nitrogens is 1. The second-order valence-corrected chi connectivity index (χ2v) is 6.99. The third kappa shape index (κ3) is 1.40. The van der Waals surface area contributed by atoms with E-state index in [0.717, 1.165) is 17.4 Å². The number of hydrogen-bond acceptors (Lipinski definition) is 3. The third-order valence-electron chi connectivity index (χ3n) is 6.11. The Morgan fingerprint density at radius 2 is 1.95 bits per heavy atom. The predicted octanol–water partition coefficient (Wildman–Crippen LogP) is 2.61. The van der Waals surface area contributed by atoms with Gasteiger partial charge in [-0.25, -0.2) is 4.79 Å². The minimum absolute atomic E-state index is 0.240. The first-order chi connectivity index (χ1) is 10.1. The quantitative estimate of drug-likeness (QED) is 0.796. The summed E-state index contributed by atoms with van der Waals surface area (Å²) in [4.78, 5) is 24.3. The van der Waals surface area contributed by atoms with Gasteiger partial charge in [0.25, 0.3) is 0 Å². The van der Waals surface area contributed by atoms with E-state index in [1.165, 1.54) is 23.8 Å². The van der Waals surface area contributed by atoms with Gasteiger partial charge in [0.15, 0.2) is 11.4 Å². The monoisotopic (exact) mass is 283 g/mol. The number of aryl methyl sites for hydroxylation is 1. The zero-order valence-corrected chi connectivity index (χ0v) is 11.9. The molecule has 1 aromatic heterocycles. The number of rotatable bonds is 2. The summed E-state index contributed by atoms with van der Waals surface area (Å²) in [7, 11) is 1.68. The number of carbonyl (C=O) groups is 1. The molecule has 0 N–H and O–H groups in total. The zero-order chi connectivity index (χ0) is 14.3. The van der Waals surface area contributed by atoms with Crippen molar-refractivity contribution in [1.29, 1.82) is 0 Å². The van der Waals surface area contributed by atoms with Crippen molar-refractivity contribution in [3.8, 4) is 0 Å². The molecule has 3 aliphatic carbocycles. The van der Waals surface area contributed by atoms with Crippen LogP contribution in [0.5, 0.6) is 0 Å². The Kier molecular flexibility index (Phi) is 2.06. The molecule has 5 rings (SSSR count). The van der Waals surface area contributed by atoms with Gasteiger partial charge in [-0.15, -0.1) is 0 Å². The highest BCUT2D eigenvalue weighted by Crippen LogP contribution is 2.69. The summed E-state index contributed by atoms with van der Waals surface area (Å²) < 4.78 is 6.66. The number of ketones is 1. The van der Waals surface area contributed by atoms with Crippen molar-refractivity contribution in [2.24, 2.45) is 36.6 Å². The minimum Gasteiger partial charge on any atom is -0.408 e. The Hall–Kier alpha value is -1.84. The van der Waals surface area contributed by atoms with Crippen LogP contribution in [0.2, 0.25) is 0 Å².